The molecule has 45 heavy (non-hydrogen) atoms. The van der Waals surface area contributed by atoms with Crippen molar-refractivity contribution in [3.63, 3.8) is 0 Å². The summed E-state index contributed by atoms with van der Waals surface area (Å²) in [5, 5.41) is 2.82. The Hall–Kier alpha value is -4.65. The van der Waals surface area contributed by atoms with Gasteiger partial charge in [-0.3, -0.25) is 13.9 Å². The summed E-state index contributed by atoms with van der Waals surface area (Å²) in [6.45, 7) is 3.31. The van der Waals surface area contributed by atoms with E-state index in [1.54, 1.807) is 50.4 Å². The molecular formula is C32H41N3O9S. The molecule has 0 aromatic heterocycles. The van der Waals surface area contributed by atoms with Crippen molar-refractivity contribution in [2.75, 3.05) is 52.9 Å². The molecule has 12 nitrogen and oxygen atoms in total. The van der Waals surface area contributed by atoms with Gasteiger partial charge in [0.2, 0.25) is 11.8 Å². The Balaban J connectivity index is 2.15. The minimum Gasteiger partial charge on any atom is -0.497 e. The van der Waals surface area contributed by atoms with E-state index in [1.807, 2.05) is 6.92 Å². The minimum absolute atomic E-state index is 0.0308. The van der Waals surface area contributed by atoms with Crippen LogP contribution in [0.3, 0.4) is 0 Å². The van der Waals surface area contributed by atoms with Crippen LogP contribution in [-0.4, -0.2) is 79.8 Å². The largest absolute Gasteiger partial charge is 0.497 e. The zero-order chi connectivity index (χ0) is 33.1. The topological polar surface area (TPSA) is 133 Å². The van der Waals surface area contributed by atoms with Gasteiger partial charge in [0.25, 0.3) is 10.0 Å². The first-order chi connectivity index (χ1) is 21.5. The molecule has 3 aromatic rings. The molecule has 13 heteroatoms. The third kappa shape index (κ3) is 8.29. The Bertz CT molecular complexity index is 1560. The molecule has 0 radical (unpaired) electrons. The lowest BCUT2D eigenvalue weighted by Gasteiger charge is -2.32. The third-order valence-electron chi connectivity index (χ3n) is 7.11. The number of benzene rings is 3. The van der Waals surface area contributed by atoms with E-state index in [2.05, 4.69) is 5.32 Å². The van der Waals surface area contributed by atoms with Crippen LogP contribution in [0.1, 0.15) is 25.8 Å². The molecule has 0 heterocycles. The normalized spacial score (nSPS) is 11.6. The molecule has 0 unspecified atom stereocenters. The van der Waals surface area contributed by atoms with Gasteiger partial charge in [0.1, 0.15) is 29.8 Å². The smallest absolute Gasteiger partial charge is 0.265 e. The zero-order valence-corrected chi connectivity index (χ0v) is 27.5. The molecule has 244 valence electrons. The molecule has 0 aliphatic heterocycles. The van der Waals surface area contributed by atoms with Crippen LogP contribution in [0.25, 0.3) is 0 Å². The van der Waals surface area contributed by atoms with E-state index in [-0.39, 0.29) is 34.5 Å². The molecule has 0 spiro atoms. The molecular weight excluding hydrogens is 602 g/mol. The fourth-order valence-electron chi connectivity index (χ4n) is 4.52. The third-order valence-corrected chi connectivity index (χ3v) is 8.86. The van der Waals surface area contributed by atoms with Gasteiger partial charge in [0.15, 0.2) is 11.5 Å². The summed E-state index contributed by atoms with van der Waals surface area (Å²) in [7, 11) is 2.77. The number of methoxy groups -OCH3 is 5. The fraction of sp³-hybridized carbons (Fsp3) is 0.375. The summed E-state index contributed by atoms with van der Waals surface area (Å²) in [5.41, 5.74) is 0.778. The SMILES string of the molecule is CCCNC(=O)[C@@H](C)N(Cc1ccc(OC)cc1)C(=O)CN(c1cc(OC)ccc1OC)S(=O)(=O)c1ccc(OC)c(OC)c1. The quantitative estimate of drug-likeness (QED) is 0.247. The number of nitrogens with zero attached hydrogens (tertiary/aromatic N) is 2. The Kier molecular flexibility index (Phi) is 12.3. The summed E-state index contributed by atoms with van der Waals surface area (Å²) < 4.78 is 56.5. The molecule has 1 atom stereocenters. The molecule has 0 fully saturated rings. The predicted molar refractivity (Wildman–Crippen MR) is 170 cm³/mol. The summed E-state index contributed by atoms with van der Waals surface area (Å²) >= 11 is 0. The van der Waals surface area contributed by atoms with E-state index >= 15 is 0 Å². The standard InChI is InChI=1S/C32H41N3O9S/c1-8-17-33-32(37)22(2)34(20-23-9-11-24(40-3)12-10-23)31(36)21-35(27-18-25(41-4)13-15-28(27)42-5)45(38,39)26-14-16-29(43-6)30(19-26)44-7/h9-16,18-19,22H,8,17,20-21H2,1-7H3,(H,33,37)/t22-/m1/s1. The predicted octanol–water partition coefficient (Wildman–Crippen LogP) is 3.87. The van der Waals surface area contributed by atoms with Crippen molar-refractivity contribution in [2.45, 2.75) is 37.8 Å². The van der Waals surface area contributed by atoms with E-state index < -0.39 is 28.5 Å². The zero-order valence-electron chi connectivity index (χ0n) is 26.7. The van der Waals surface area contributed by atoms with E-state index in [9.17, 15) is 18.0 Å². The molecule has 3 aromatic carbocycles. The first-order valence-corrected chi connectivity index (χ1v) is 15.6. The lowest BCUT2D eigenvalue weighted by molar-refractivity contribution is -0.139. The fourth-order valence-corrected chi connectivity index (χ4v) is 5.95. The molecule has 0 saturated carbocycles. The van der Waals surface area contributed by atoms with Crippen molar-refractivity contribution < 1.29 is 41.7 Å². The Morgan fingerprint density at radius 2 is 1.38 bits per heavy atom. The number of rotatable bonds is 16. The molecule has 0 aliphatic carbocycles. The first-order valence-electron chi connectivity index (χ1n) is 14.2. The highest BCUT2D eigenvalue weighted by molar-refractivity contribution is 7.92. The Morgan fingerprint density at radius 3 is 1.96 bits per heavy atom. The second-order valence-electron chi connectivity index (χ2n) is 9.90. The van der Waals surface area contributed by atoms with E-state index in [1.165, 1.54) is 57.6 Å². The number of amides is 2. The van der Waals surface area contributed by atoms with E-state index in [0.29, 0.717) is 35.8 Å². The molecule has 1 N–H and O–H groups in total. The first kappa shape index (κ1) is 34.8. The van der Waals surface area contributed by atoms with Gasteiger partial charge in [-0.15, -0.1) is 0 Å². The van der Waals surface area contributed by atoms with Gasteiger partial charge in [-0.25, -0.2) is 8.42 Å². The van der Waals surface area contributed by atoms with E-state index in [4.69, 9.17) is 23.7 Å². The maximum absolute atomic E-state index is 14.4. The van der Waals surface area contributed by atoms with Crippen molar-refractivity contribution in [3.05, 3.63) is 66.2 Å². The summed E-state index contributed by atoms with van der Waals surface area (Å²) in [6, 6.07) is 14.9. The van der Waals surface area contributed by atoms with Crippen molar-refractivity contribution >= 4 is 27.5 Å². The van der Waals surface area contributed by atoms with Crippen molar-refractivity contribution in [3.8, 4) is 28.7 Å². The maximum atomic E-state index is 14.4. The maximum Gasteiger partial charge on any atom is 0.265 e. The number of ether oxygens (including phenoxy) is 5. The van der Waals surface area contributed by atoms with Gasteiger partial charge in [-0.2, -0.15) is 0 Å². The van der Waals surface area contributed by atoms with Gasteiger partial charge in [-0.1, -0.05) is 19.1 Å². The minimum atomic E-state index is -4.44. The van der Waals surface area contributed by atoms with Gasteiger partial charge >= 0.3 is 0 Å². The summed E-state index contributed by atoms with van der Waals surface area (Å²) in [6.07, 6.45) is 0.706. The highest BCUT2D eigenvalue weighted by Crippen LogP contribution is 2.37. The molecule has 2 amide bonds. The van der Waals surface area contributed by atoms with Gasteiger partial charge < -0.3 is 33.9 Å². The Morgan fingerprint density at radius 1 is 0.778 bits per heavy atom. The van der Waals surface area contributed by atoms with Crippen LogP contribution >= 0.6 is 0 Å². The molecule has 0 aliphatic rings. The number of carbonyl (C=O) groups excluding carboxylic acids is 2. The summed E-state index contributed by atoms with van der Waals surface area (Å²) in [4.78, 5) is 28.5. The number of sulfonamides is 1. The number of carbonyl (C=O) groups is 2. The van der Waals surface area contributed by atoms with Gasteiger partial charge in [-0.05, 0) is 55.3 Å². The Labute approximate surface area is 264 Å². The van der Waals surface area contributed by atoms with Gasteiger partial charge in [0, 0.05) is 25.2 Å². The number of hydrogen-bond acceptors (Lipinski definition) is 9. The lowest BCUT2D eigenvalue weighted by atomic mass is 10.1. The van der Waals surface area contributed by atoms with Crippen LogP contribution in [0.15, 0.2) is 65.6 Å². The van der Waals surface area contributed by atoms with Gasteiger partial charge in [0.05, 0.1) is 46.1 Å². The van der Waals surface area contributed by atoms with Crippen LogP contribution in [0, 0.1) is 0 Å². The van der Waals surface area contributed by atoms with Crippen LogP contribution < -0.4 is 33.3 Å². The number of hydrogen-bond donors (Lipinski definition) is 1. The van der Waals surface area contributed by atoms with Crippen LogP contribution in [0.4, 0.5) is 5.69 Å². The van der Waals surface area contributed by atoms with Crippen molar-refractivity contribution in [2.24, 2.45) is 0 Å². The van der Waals surface area contributed by atoms with Crippen molar-refractivity contribution in [1.29, 1.82) is 0 Å². The number of anilines is 1. The van der Waals surface area contributed by atoms with Crippen molar-refractivity contribution in [1.82, 2.24) is 10.2 Å². The van der Waals surface area contributed by atoms with Crippen LogP contribution in [0.5, 0.6) is 28.7 Å². The average Bonchev–Trinajstić information content (AvgIpc) is 3.07. The molecule has 0 bridgehead atoms. The number of nitrogens with one attached hydrogen (secondary N) is 1. The van der Waals surface area contributed by atoms with Crippen LogP contribution in [-0.2, 0) is 26.2 Å². The summed E-state index contributed by atoms with van der Waals surface area (Å²) in [5.74, 6) is 0.671. The highest BCUT2D eigenvalue weighted by atomic mass is 32.2. The lowest BCUT2D eigenvalue weighted by Crippen LogP contribution is -2.51. The highest BCUT2D eigenvalue weighted by Gasteiger charge is 2.34. The van der Waals surface area contributed by atoms with Crippen LogP contribution in [0.2, 0.25) is 0 Å². The molecule has 0 saturated heterocycles. The monoisotopic (exact) mass is 643 g/mol. The second-order valence-corrected chi connectivity index (χ2v) is 11.8. The second kappa shape index (κ2) is 15.9. The van der Waals surface area contributed by atoms with E-state index in [0.717, 1.165) is 4.31 Å². The molecule has 3 rings (SSSR count). The average molecular weight is 644 g/mol.